The summed E-state index contributed by atoms with van der Waals surface area (Å²) in [6.45, 7) is 4.36. The molecule has 0 bridgehead atoms. The minimum Gasteiger partial charge on any atom is -0.506 e. The Morgan fingerprint density at radius 1 is 0.698 bits per heavy atom. The third-order valence-electron chi connectivity index (χ3n) is 8.25. The molecule has 3 heterocycles. The number of anilines is 3. The van der Waals surface area contributed by atoms with Crippen LogP contribution in [0, 0.1) is 0 Å². The number of nitrogens with zero attached hydrogens (tertiary/aromatic N) is 3. The van der Waals surface area contributed by atoms with Crippen molar-refractivity contribution in [3.63, 3.8) is 0 Å². The molecule has 0 atom stereocenters. The third-order valence-corrected chi connectivity index (χ3v) is 8.25. The van der Waals surface area contributed by atoms with E-state index >= 15 is 0 Å². The van der Waals surface area contributed by atoms with Gasteiger partial charge in [0.15, 0.2) is 0 Å². The zero-order valence-corrected chi connectivity index (χ0v) is 23.4. The standard InChI is InChI=1S/C36H26F3N3O/c1-35(2)27-10-6-7-11-30(27)42(33-21-23(18-19-40-33)22-8-4-3-5-9-22)31-20-24(12-14-28(31)35)29-16-13-25-26(36(37,38)39)15-17-32(43)34(25)41-29/h3-21,43H,1-2H3. The van der Waals surface area contributed by atoms with Gasteiger partial charge in [0, 0.05) is 22.6 Å². The topological polar surface area (TPSA) is 49.2 Å². The number of fused-ring (bicyclic) bond motifs is 3. The summed E-state index contributed by atoms with van der Waals surface area (Å²) in [5.74, 6) is 0.433. The van der Waals surface area contributed by atoms with E-state index in [2.05, 4.69) is 54.1 Å². The summed E-state index contributed by atoms with van der Waals surface area (Å²) in [7, 11) is 0. The van der Waals surface area contributed by atoms with Gasteiger partial charge in [0.1, 0.15) is 17.1 Å². The minimum absolute atomic E-state index is 0.0928. The highest BCUT2D eigenvalue weighted by Crippen LogP contribution is 2.52. The second kappa shape index (κ2) is 9.70. The maximum Gasteiger partial charge on any atom is 0.417 e. The number of benzene rings is 4. The van der Waals surface area contributed by atoms with E-state index < -0.39 is 11.7 Å². The largest absolute Gasteiger partial charge is 0.506 e. The van der Waals surface area contributed by atoms with Crippen LogP contribution < -0.4 is 4.90 Å². The first-order chi connectivity index (χ1) is 20.6. The number of halogens is 3. The molecule has 1 aliphatic heterocycles. The van der Waals surface area contributed by atoms with Gasteiger partial charge in [-0.3, -0.25) is 4.90 Å². The zero-order valence-electron chi connectivity index (χ0n) is 23.4. The lowest BCUT2D eigenvalue weighted by atomic mass is 9.73. The normalized spacial score (nSPS) is 13.9. The Morgan fingerprint density at radius 3 is 2.23 bits per heavy atom. The zero-order chi connectivity index (χ0) is 29.9. The molecule has 0 radical (unpaired) electrons. The molecule has 0 saturated heterocycles. The number of hydrogen-bond donors (Lipinski definition) is 1. The van der Waals surface area contributed by atoms with Gasteiger partial charge in [0.2, 0.25) is 0 Å². The summed E-state index contributed by atoms with van der Waals surface area (Å²) in [6.07, 6.45) is -2.77. The van der Waals surface area contributed by atoms with Crippen LogP contribution in [0.5, 0.6) is 5.75 Å². The molecule has 0 fully saturated rings. The molecular formula is C36H26F3N3O. The van der Waals surface area contributed by atoms with E-state index in [1.54, 1.807) is 12.3 Å². The summed E-state index contributed by atoms with van der Waals surface area (Å²) in [5, 5.41) is 10.3. The van der Waals surface area contributed by atoms with Gasteiger partial charge in [0.25, 0.3) is 0 Å². The van der Waals surface area contributed by atoms with Crippen molar-refractivity contribution in [3.05, 3.63) is 132 Å². The van der Waals surface area contributed by atoms with E-state index in [1.165, 1.54) is 6.07 Å². The van der Waals surface area contributed by atoms with Gasteiger partial charge in [-0.05, 0) is 70.8 Å². The first kappa shape index (κ1) is 26.7. The van der Waals surface area contributed by atoms with Gasteiger partial charge in [0.05, 0.1) is 22.6 Å². The van der Waals surface area contributed by atoms with Crippen LogP contribution in [-0.2, 0) is 11.6 Å². The summed E-state index contributed by atoms with van der Waals surface area (Å²) in [4.78, 5) is 11.4. The van der Waals surface area contributed by atoms with Crippen LogP contribution in [0.4, 0.5) is 30.4 Å². The number of rotatable bonds is 3. The van der Waals surface area contributed by atoms with Crippen LogP contribution in [0.25, 0.3) is 33.3 Å². The highest BCUT2D eigenvalue weighted by atomic mass is 19.4. The van der Waals surface area contributed by atoms with Crippen molar-refractivity contribution in [2.45, 2.75) is 25.4 Å². The number of phenolic OH excluding ortho intramolecular Hbond substituents is 1. The summed E-state index contributed by atoms with van der Waals surface area (Å²) in [5.41, 5.74) is 6.10. The summed E-state index contributed by atoms with van der Waals surface area (Å²) < 4.78 is 41.0. The van der Waals surface area contributed by atoms with E-state index in [9.17, 15) is 18.3 Å². The Kier molecular flexibility index (Phi) is 6.02. The minimum atomic E-state index is -4.57. The number of para-hydroxylation sites is 1. The summed E-state index contributed by atoms with van der Waals surface area (Å²) in [6, 6.07) is 33.2. The van der Waals surface area contributed by atoms with E-state index in [-0.39, 0.29) is 22.1 Å². The van der Waals surface area contributed by atoms with Gasteiger partial charge >= 0.3 is 6.18 Å². The first-order valence-electron chi connectivity index (χ1n) is 13.9. The number of pyridine rings is 2. The molecule has 6 aromatic rings. The van der Waals surface area contributed by atoms with Gasteiger partial charge in [-0.15, -0.1) is 0 Å². The lowest BCUT2D eigenvalue weighted by Crippen LogP contribution is -2.31. The molecule has 2 aromatic heterocycles. The molecular weight excluding hydrogens is 547 g/mol. The molecule has 0 aliphatic carbocycles. The Bertz CT molecular complexity index is 2020. The fourth-order valence-corrected chi connectivity index (χ4v) is 6.08. The molecule has 0 spiro atoms. The molecule has 1 N–H and O–H groups in total. The molecule has 7 rings (SSSR count). The Morgan fingerprint density at radius 2 is 1.44 bits per heavy atom. The lowest BCUT2D eigenvalue weighted by Gasteiger charge is -2.41. The predicted octanol–water partition coefficient (Wildman–Crippen LogP) is 9.80. The first-order valence-corrected chi connectivity index (χ1v) is 13.9. The van der Waals surface area contributed by atoms with Crippen molar-refractivity contribution < 1.29 is 18.3 Å². The number of alkyl halides is 3. The van der Waals surface area contributed by atoms with Crippen molar-refractivity contribution in [3.8, 4) is 28.1 Å². The van der Waals surface area contributed by atoms with E-state index in [4.69, 9.17) is 4.98 Å². The van der Waals surface area contributed by atoms with E-state index in [0.29, 0.717) is 11.3 Å². The fraction of sp³-hybridized carbons (Fsp3) is 0.111. The Hall–Kier alpha value is -5.17. The SMILES string of the molecule is CC1(C)c2ccccc2N(c2cc(-c3ccccc3)ccn2)c2cc(-c3ccc4c(C(F)(F)F)ccc(O)c4n3)ccc21. The molecule has 4 nitrogen and oxygen atoms in total. The van der Waals surface area contributed by atoms with Crippen LogP contribution in [-0.4, -0.2) is 15.1 Å². The second-order valence-corrected chi connectivity index (χ2v) is 11.2. The molecule has 0 amide bonds. The number of hydrogen-bond acceptors (Lipinski definition) is 4. The fourth-order valence-electron chi connectivity index (χ4n) is 6.08. The molecule has 212 valence electrons. The van der Waals surface area contributed by atoms with Gasteiger partial charge in [-0.2, -0.15) is 13.2 Å². The second-order valence-electron chi connectivity index (χ2n) is 11.2. The molecule has 7 heteroatoms. The lowest BCUT2D eigenvalue weighted by molar-refractivity contribution is -0.136. The number of aromatic nitrogens is 2. The van der Waals surface area contributed by atoms with E-state index in [1.807, 2.05) is 54.6 Å². The van der Waals surface area contributed by atoms with Gasteiger partial charge in [-0.1, -0.05) is 74.5 Å². The molecule has 4 aromatic carbocycles. The quantitative estimate of drug-likeness (QED) is 0.229. The third kappa shape index (κ3) is 4.39. The van der Waals surface area contributed by atoms with Crippen LogP contribution in [0.3, 0.4) is 0 Å². The van der Waals surface area contributed by atoms with Gasteiger partial charge < -0.3 is 5.11 Å². The maximum atomic E-state index is 13.7. The van der Waals surface area contributed by atoms with Crippen LogP contribution in [0.2, 0.25) is 0 Å². The maximum absolute atomic E-state index is 13.7. The highest BCUT2D eigenvalue weighted by molar-refractivity contribution is 5.91. The van der Waals surface area contributed by atoms with Crippen LogP contribution >= 0.6 is 0 Å². The Labute approximate surface area is 246 Å². The highest BCUT2D eigenvalue weighted by Gasteiger charge is 2.38. The number of aromatic hydroxyl groups is 1. The van der Waals surface area contributed by atoms with Crippen molar-refractivity contribution in [2.75, 3.05) is 4.90 Å². The Balaban J connectivity index is 1.43. The van der Waals surface area contributed by atoms with Gasteiger partial charge in [-0.25, -0.2) is 9.97 Å². The molecule has 1 aliphatic rings. The van der Waals surface area contributed by atoms with Crippen molar-refractivity contribution in [2.24, 2.45) is 0 Å². The molecule has 0 saturated carbocycles. The van der Waals surface area contributed by atoms with Crippen molar-refractivity contribution in [1.82, 2.24) is 9.97 Å². The van der Waals surface area contributed by atoms with Crippen molar-refractivity contribution >= 4 is 28.1 Å². The molecule has 43 heavy (non-hydrogen) atoms. The summed E-state index contributed by atoms with van der Waals surface area (Å²) >= 11 is 0. The monoisotopic (exact) mass is 573 g/mol. The number of phenols is 1. The smallest absolute Gasteiger partial charge is 0.417 e. The van der Waals surface area contributed by atoms with Crippen LogP contribution in [0.15, 0.2) is 115 Å². The van der Waals surface area contributed by atoms with E-state index in [0.717, 1.165) is 51.6 Å². The van der Waals surface area contributed by atoms with Crippen molar-refractivity contribution in [1.29, 1.82) is 0 Å². The molecule has 0 unspecified atom stereocenters. The average Bonchev–Trinajstić information content (AvgIpc) is 3.01. The predicted molar refractivity (Wildman–Crippen MR) is 164 cm³/mol. The average molecular weight is 574 g/mol. The van der Waals surface area contributed by atoms with Crippen LogP contribution in [0.1, 0.15) is 30.5 Å².